The summed E-state index contributed by atoms with van der Waals surface area (Å²) in [5.74, 6) is -1.16. The van der Waals surface area contributed by atoms with Crippen molar-refractivity contribution in [1.82, 2.24) is 0 Å². The minimum absolute atomic E-state index is 0.160. The van der Waals surface area contributed by atoms with Gasteiger partial charge in [0.25, 0.3) is 5.69 Å². The zero-order valence-corrected chi connectivity index (χ0v) is 15.3. The summed E-state index contributed by atoms with van der Waals surface area (Å²) < 4.78 is 9.46. The quantitative estimate of drug-likeness (QED) is 0.429. The van der Waals surface area contributed by atoms with Gasteiger partial charge in [0.1, 0.15) is 0 Å². The molecule has 0 aliphatic carbocycles. The third kappa shape index (κ3) is 4.02. The Labute approximate surface area is 154 Å². The Hall–Kier alpha value is -2.87. The predicted octanol–water partition coefficient (Wildman–Crippen LogP) is 3.88. The van der Waals surface area contributed by atoms with Crippen molar-refractivity contribution in [3.8, 4) is 0 Å². The number of methoxy groups -OCH3 is 2. The molecule has 0 aliphatic heterocycles. The minimum atomic E-state index is -0.628. The van der Waals surface area contributed by atoms with Crippen LogP contribution >= 0.6 is 11.8 Å². The first-order valence-electron chi connectivity index (χ1n) is 7.67. The molecule has 7 nitrogen and oxygen atoms in total. The Bertz CT molecular complexity index is 865. The van der Waals surface area contributed by atoms with Crippen LogP contribution in [-0.4, -0.2) is 31.1 Å². The SMILES string of the molecule is CCc1cc(Sc2ccccc2C(=O)OC)c([N+](=O)[O-])cc1C(=O)OC. The van der Waals surface area contributed by atoms with Gasteiger partial charge in [0, 0.05) is 11.0 Å². The van der Waals surface area contributed by atoms with E-state index >= 15 is 0 Å². The van der Waals surface area contributed by atoms with Gasteiger partial charge in [-0.05, 0) is 30.2 Å². The number of nitro benzene ring substituents is 1. The van der Waals surface area contributed by atoms with E-state index in [-0.39, 0.29) is 11.3 Å². The molecule has 0 heterocycles. The number of esters is 2. The van der Waals surface area contributed by atoms with Crippen LogP contribution < -0.4 is 0 Å². The Kier molecular flexibility index (Phi) is 6.35. The normalized spacial score (nSPS) is 10.3. The number of carbonyl (C=O) groups is 2. The van der Waals surface area contributed by atoms with Crippen molar-refractivity contribution >= 4 is 29.4 Å². The van der Waals surface area contributed by atoms with Gasteiger partial charge in [0.2, 0.25) is 0 Å². The van der Waals surface area contributed by atoms with E-state index in [9.17, 15) is 19.7 Å². The molecule has 0 spiro atoms. The third-order valence-electron chi connectivity index (χ3n) is 3.68. The van der Waals surface area contributed by atoms with E-state index in [1.165, 1.54) is 20.3 Å². The molecule has 26 heavy (non-hydrogen) atoms. The molecular formula is C18H17NO6S. The lowest BCUT2D eigenvalue weighted by atomic mass is 10.0. The molecule has 0 atom stereocenters. The van der Waals surface area contributed by atoms with Crippen LogP contribution in [0, 0.1) is 10.1 Å². The van der Waals surface area contributed by atoms with E-state index in [4.69, 9.17) is 9.47 Å². The summed E-state index contributed by atoms with van der Waals surface area (Å²) in [6.45, 7) is 1.84. The molecule has 0 fully saturated rings. The maximum absolute atomic E-state index is 11.9. The molecule has 2 aromatic carbocycles. The molecule has 2 aromatic rings. The van der Waals surface area contributed by atoms with E-state index in [2.05, 4.69) is 0 Å². The van der Waals surface area contributed by atoms with E-state index in [0.717, 1.165) is 11.8 Å². The summed E-state index contributed by atoms with van der Waals surface area (Å²) in [4.78, 5) is 35.6. The summed E-state index contributed by atoms with van der Waals surface area (Å²) in [6.07, 6.45) is 0.495. The number of nitro groups is 1. The lowest BCUT2D eigenvalue weighted by Crippen LogP contribution is -2.07. The monoisotopic (exact) mass is 375 g/mol. The molecule has 0 saturated heterocycles. The van der Waals surface area contributed by atoms with Crippen molar-refractivity contribution in [2.75, 3.05) is 14.2 Å². The number of nitrogens with zero attached hydrogens (tertiary/aromatic N) is 1. The molecule has 0 bridgehead atoms. The van der Waals surface area contributed by atoms with E-state index in [0.29, 0.717) is 27.3 Å². The molecule has 0 N–H and O–H groups in total. The van der Waals surface area contributed by atoms with Crippen molar-refractivity contribution in [2.24, 2.45) is 0 Å². The standard InChI is InChI=1S/C18H17NO6S/c1-4-11-9-16(14(19(22)23)10-13(11)18(21)25-3)26-15-8-6-5-7-12(15)17(20)24-2/h5-10H,4H2,1-3H3. The predicted molar refractivity (Wildman–Crippen MR) is 95.7 cm³/mol. The number of hydrogen-bond acceptors (Lipinski definition) is 7. The average molecular weight is 375 g/mol. The Morgan fingerprint density at radius 2 is 1.65 bits per heavy atom. The number of aryl methyl sites for hydroxylation is 1. The smallest absolute Gasteiger partial charge is 0.339 e. The third-order valence-corrected chi connectivity index (χ3v) is 4.80. The van der Waals surface area contributed by atoms with E-state index < -0.39 is 16.9 Å². The number of ether oxygens (including phenoxy) is 2. The summed E-state index contributed by atoms with van der Waals surface area (Å²) in [5.41, 5.74) is 0.865. The largest absolute Gasteiger partial charge is 0.465 e. The molecule has 0 radical (unpaired) electrons. The molecule has 0 saturated carbocycles. The number of carbonyl (C=O) groups excluding carboxylic acids is 2. The van der Waals surface area contributed by atoms with E-state index in [1.807, 2.05) is 6.92 Å². The van der Waals surface area contributed by atoms with E-state index in [1.54, 1.807) is 30.3 Å². The Balaban J connectivity index is 2.58. The minimum Gasteiger partial charge on any atom is -0.465 e. The van der Waals surface area contributed by atoms with Crippen LogP contribution in [0.25, 0.3) is 0 Å². The second-order valence-corrected chi connectivity index (χ2v) is 6.25. The number of hydrogen-bond donors (Lipinski definition) is 0. The molecule has 0 aromatic heterocycles. The summed E-state index contributed by atoms with van der Waals surface area (Å²) >= 11 is 1.08. The number of rotatable bonds is 6. The van der Waals surface area contributed by atoms with Crippen molar-refractivity contribution in [2.45, 2.75) is 23.1 Å². The van der Waals surface area contributed by atoms with Crippen molar-refractivity contribution in [1.29, 1.82) is 0 Å². The van der Waals surface area contributed by atoms with Crippen LogP contribution in [0.15, 0.2) is 46.2 Å². The van der Waals surface area contributed by atoms with Gasteiger partial charge in [0.15, 0.2) is 0 Å². The van der Waals surface area contributed by atoms with Gasteiger partial charge in [0.05, 0.1) is 35.2 Å². The zero-order chi connectivity index (χ0) is 19.3. The molecular weight excluding hydrogens is 358 g/mol. The maximum Gasteiger partial charge on any atom is 0.339 e. The molecule has 8 heteroatoms. The lowest BCUT2D eigenvalue weighted by Gasteiger charge is -2.11. The zero-order valence-electron chi connectivity index (χ0n) is 14.5. The van der Waals surface area contributed by atoms with Crippen LogP contribution in [0.2, 0.25) is 0 Å². The average Bonchev–Trinajstić information content (AvgIpc) is 2.66. The highest BCUT2D eigenvalue weighted by Gasteiger charge is 2.23. The van der Waals surface area contributed by atoms with Gasteiger partial charge in [-0.1, -0.05) is 30.8 Å². The molecule has 136 valence electrons. The van der Waals surface area contributed by atoms with Crippen LogP contribution in [0.4, 0.5) is 5.69 Å². The topological polar surface area (TPSA) is 95.7 Å². The van der Waals surface area contributed by atoms with Gasteiger partial charge in [-0.25, -0.2) is 9.59 Å². The second kappa shape index (κ2) is 8.48. The fourth-order valence-corrected chi connectivity index (χ4v) is 3.46. The van der Waals surface area contributed by atoms with Crippen LogP contribution in [0.5, 0.6) is 0 Å². The molecule has 0 unspecified atom stereocenters. The van der Waals surface area contributed by atoms with Gasteiger partial charge in [-0.3, -0.25) is 10.1 Å². The van der Waals surface area contributed by atoms with Crippen molar-refractivity contribution < 1.29 is 24.0 Å². The first-order valence-corrected chi connectivity index (χ1v) is 8.49. The first-order chi connectivity index (χ1) is 12.4. The summed E-state index contributed by atoms with van der Waals surface area (Å²) in [6, 6.07) is 9.48. The summed E-state index contributed by atoms with van der Waals surface area (Å²) in [5, 5.41) is 11.5. The molecule has 0 amide bonds. The molecule has 2 rings (SSSR count). The highest BCUT2D eigenvalue weighted by molar-refractivity contribution is 7.99. The fourth-order valence-electron chi connectivity index (χ4n) is 2.38. The van der Waals surface area contributed by atoms with Crippen LogP contribution in [0.1, 0.15) is 33.2 Å². The highest BCUT2D eigenvalue weighted by atomic mass is 32.2. The van der Waals surface area contributed by atoms with Crippen LogP contribution in [0.3, 0.4) is 0 Å². The molecule has 0 aliphatic rings. The van der Waals surface area contributed by atoms with Crippen molar-refractivity contribution in [3.05, 3.63) is 63.2 Å². The first kappa shape index (κ1) is 19.5. The Morgan fingerprint density at radius 1 is 1.04 bits per heavy atom. The van der Waals surface area contributed by atoms with Gasteiger partial charge < -0.3 is 9.47 Å². The van der Waals surface area contributed by atoms with Gasteiger partial charge in [-0.2, -0.15) is 0 Å². The lowest BCUT2D eigenvalue weighted by molar-refractivity contribution is -0.387. The highest BCUT2D eigenvalue weighted by Crippen LogP contribution is 2.38. The maximum atomic E-state index is 11.9. The van der Waals surface area contributed by atoms with Crippen molar-refractivity contribution in [3.63, 3.8) is 0 Å². The fraction of sp³-hybridized carbons (Fsp3) is 0.222. The number of benzene rings is 2. The Morgan fingerprint density at radius 3 is 2.23 bits per heavy atom. The van der Waals surface area contributed by atoms with Crippen LogP contribution in [-0.2, 0) is 15.9 Å². The van der Waals surface area contributed by atoms with Gasteiger partial charge in [-0.15, -0.1) is 0 Å². The van der Waals surface area contributed by atoms with Gasteiger partial charge >= 0.3 is 11.9 Å². The second-order valence-electron chi connectivity index (χ2n) is 5.17. The summed E-state index contributed by atoms with van der Waals surface area (Å²) in [7, 11) is 2.50.